The zero-order valence-electron chi connectivity index (χ0n) is 16.8. The quantitative estimate of drug-likeness (QED) is 0.329. The van der Waals surface area contributed by atoms with Crippen LogP contribution in [0.4, 0.5) is 0 Å². The number of rotatable bonds is 8. The van der Waals surface area contributed by atoms with E-state index in [4.69, 9.17) is 19.2 Å². The van der Waals surface area contributed by atoms with Crippen LogP contribution in [0.25, 0.3) is 0 Å². The Labute approximate surface area is 179 Å². The molecule has 8 heteroatoms. The minimum Gasteiger partial charge on any atom is -0.497 e. The van der Waals surface area contributed by atoms with Gasteiger partial charge in [0.2, 0.25) is 0 Å². The molecule has 2 N–H and O–H groups in total. The van der Waals surface area contributed by atoms with Crippen molar-refractivity contribution in [1.29, 1.82) is 0 Å². The molecule has 7 nitrogen and oxygen atoms in total. The summed E-state index contributed by atoms with van der Waals surface area (Å²) in [7, 11) is 3.31. The number of halogens is 1. The van der Waals surface area contributed by atoms with E-state index < -0.39 is 0 Å². The third-order valence-corrected chi connectivity index (χ3v) is 4.48. The van der Waals surface area contributed by atoms with Crippen molar-refractivity contribution in [3.05, 3.63) is 23.8 Å². The Kier molecular flexibility index (Phi) is 11.5. The minimum atomic E-state index is 0. The van der Waals surface area contributed by atoms with Crippen molar-refractivity contribution in [1.82, 2.24) is 15.5 Å². The van der Waals surface area contributed by atoms with E-state index in [9.17, 15) is 0 Å². The van der Waals surface area contributed by atoms with Crippen molar-refractivity contribution in [2.75, 3.05) is 53.6 Å². The molecule has 1 aromatic carbocycles. The van der Waals surface area contributed by atoms with Gasteiger partial charge in [0.1, 0.15) is 11.5 Å². The third kappa shape index (κ3) is 7.71. The predicted molar refractivity (Wildman–Crippen MR) is 120 cm³/mol. The number of nitrogens with zero attached hydrogens (tertiary/aromatic N) is 2. The molecule has 0 aliphatic carbocycles. The Bertz CT molecular complexity index is 580. The van der Waals surface area contributed by atoms with Crippen molar-refractivity contribution in [3.63, 3.8) is 0 Å². The lowest BCUT2D eigenvalue weighted by atomic mass is 10.2. The van der Waals surface area contributed by atoms with Gasteiger partial charge in [0.05, 0.1) is 34.0 Å². The molecular formula is C19H33IN4O3. The first kappa shape index (κ1) is 23.8. The first-order valence-electron chi connectivity index (χ1n) is 9.22. The fourth-order valence-corrected chi connectivity index (χ4v) is 2.88. The van der Waals surface area contributed by atoms with Gasteiger partial charge in [-0.2, -0.15) is 0 Å². The van der Waals surface area contributed by atoms with Crippen molar-refractivity contribution < 1.29 is 14.2 Å². The second kappa shape index (κ2) is 13.0. The predicted octanol–water partition coefficient (Wildman–Crippen LogP) is 2.10. The maximum Gasteiger partial charge on any atom is 0.191 e. The van der Waals surface area contributed by atoms with Gasteiger partial charge in [-0.15, -0.1) is 24.0 Å². The molecule has 2 rings (SSSR count). The number of aliphatic imine (C=N–C) groups is 1. The molecular weight excluding hydrogens is 459 g/mol. The summed E-state index contributed by atoms with van der Waals surface area (Å²) in [5.74, 6) is 2.37. The van der Waals surface area contributed by atoms with E-state index in [0.29, 0.717) is 12.6 Å². The van der Waals surface area contributed by atoms with Gasteiger partial charge in [0, 0.05) is 43.9 Å². The average molecular weight is 492 g/mol. The Hall–Kier alpha value is -1.26. The molecule has 27 heavy (non-hydrogen) atoms. The van der Waals surface area contributed by atoms with Gasteiger partial charge in [-0.1, -0.05) is 0 Å². The molecule has 1 fully saturated rings. The van der Waals surface area contributed by atoms with E-state index >= 15 is 0 Å². The maximum absolute atomic E-state index is 5.45. The molecule has 0 spiro atoms. The number of morpholine rings is 1. The molecule has 154 valence electrons. The second-order valence-electron chi connectivity index (χ2n) is 6.25. The molecule has 1 saturated heterocycles. The van der Waals surface area contributed by atoms with Crippen LogP contribution in [-0.2, 0) is 11.3 Å². The highest BCUT2D eigenvalue weighted by Gasteiger charge is 2.17. The van der Waals surface area contributed by atoms with Crippen molar-refractivity contribution in [2.45, 2.75) is 26.4 Å². The van der Waals surface area contributed by atoms with Crippen LogP contribution in [0, 0.1) is 0 Å². The summed E-state index contributed by atoms with van der Waals surface area (Å²) in [6.07, 6.45) is 0. The van der Waals surface area contributed by atoms with E-state index in [1.807, 2.05) is 18.2 Å². The molecule has 1 unspecified atom stereocenters. The van der Waals surface area contributed by atoms with Crippen molar-refractivity contribution >= 4 is 29.9 Å². The van der Waals surface area contributed by atoms with Crippen LogP contribution in [0.2, 0.25) is 0 Å². The minimum absolute atomic E-state index is 0. The summed E-state index contributed by atoms with van der Waals surface area (Å²) in [5, 5.41) is 6.74. The Morgan fingerprint density at radius 1 is 1.22 bits per heavy atom. The topological polar surface area (TPSA) is 67.4 Å². The highest BCUT2D eigenvalue weighted by Crippen LogP contribution is 2.25. The molecule has 0 bridgehead atoms. The van der Waals surface area contributed by atoms with E-state index in [-0.39, 0.29) is 24.0 Å². The normalized spacial score (nSPS) is 16.2. The van der Waals surface area contributed by atoms with Crippen molar-refractivity contribution in [3.8, 4) is 11.5 Å². The van der Waals surface area contributed by atoms with Crippen LogP contribution >= 0.6 is 24.0 Å². The fraction of sp³-hybridized carbons (Fsp3) is 0.632. The van der Waals surface area contributed by atoms with Gasteiger partial charge in [-0.3, -0.25) is 4.90 Å². The van der Waals surface area contributed by atoms with Crippen LogP contribution in [0.1, 0.15) is 19.4 Å². The average Bonchev–Trinajstić information content (AvgIpc) is 2.70. The van der Waals surface area contributed by atoms with Gasteiger partial charge in [0.25, 0.3) is 0 Å². The van der Waals surface area contributed by atoms with Crippen LogP contribution in [0.3, 0.4) is 0 Å². The molecule has 0 saturated carbocycles. The molecule has 0 aromatic heterocycles. The smallest absolute Gasteiger partial charge is 0.191 e. The van der Waals surface area contributed by atoms with E-state index in [0.717, 1.165) is 62.4 Å². The van der Waals surface area contributed by atoms with Gasteiger partial charge >= 0.3 is 0 Å². The number of benzene rings is 1. The molecule has 1 aromatic rings. The summed E-state index contributed by atoms with van der Waals surface area (Å²) >= 11 is 0. The molecule has 0 radical (unpaired) electrons. The lowest BCUT2D eigenvalue weighted by Crippen LogP contribution is -2.49. The van der Waals surface area contributed by atoms with Gasteiger partial charge in [0.15, 0.2) is 5.96 Å². The van der Waals surface area contributed by atoms with Crippen LogP contribution < -0.4 is 20.1 Å². The zero-order valence-corrected chi connectivity index (χ0v) is 19.1. The van der Waals surface area contributed by atoms with Crippen molar-refractivity contribution in [2.24, 2.45) is 4.99 Å². The molecule has 1 atom stereocenters. The Morgan fingerprint density at radius 3 is 2.59 bits per heavy atom. The third-order valence-electron chi connectivity index (χ3n) is 4.48. The first-order chi connectivity index (χ1) is 12.7. The second-order valence-corrected chi connectivity index (χ2v) is 6.25. The lowest BCUT2D eigenvalue weighted by molar-refractivity contribution is 0.0211. The molecule has 1 heterocycles. The highest BCUT2D eigenvalue weighted by molar-refractivity contribution is 14.0. The van der Waals surface area contributed by atoms with Crippen LogP contribution in [0.5, 0.6) is 11.5 Å². The zero-order chi connectivity index (χ0) is 18.8. The number of hydrogen-bond donors (Lipinski definition) is 2. The first-order valence-corrected chi connectivity index (χ1v) is 9.22. The monoisotopic (exact) mass is 492 g/mol. The van der Waals surface area contributed by atoms with Gasteiger partial charge in [-0.05, 0) is 26.0 Å². The number of guanidine groups is 1. The SMILES string of the molecule is CCNC(=NCc1ccc(OC)cc1OC)NCC(C)N1CCOCC1.I. The number of methoxy groups -OCH3 is 2. The number of ether oxygens (including phenoxy) is 3. The molecule has 1 aliphatic heterocycles. The largest absolute Gasteiger partial charge is 0.497 e. The molecule has 0 amide bonds. The Morgan fingerprint density at radius 2 is 1.96 bits per heavy atom. The highest BCUT2D eigenvalue weighted by atomic mass is 127. The number of nitrogens with one attached hydrogen (secondary N) is 2. The summed E-state index contributed by atoms with van der Waals surface area (Å²) in [6, 6.07) is 6.22. The Balaban J connectivity index is 0.00000364. The lowest BCUT2D eigenvalue weighted by Gasteiger charge is -2.32. The standard InChI is InChI=1S/C19H32N4O3.HI/c1-5-20-19(21-13-15(2)23-8-10-26-11-9-23)22-14-16-6-7-17(24-3)12-18(16)25-4;/h6-7,12,15H,5,8-11,13-14H2,1-4H3,(H2,20,21,22);1H. The summed E-state index contributed by atoms with van der Waals surface area (Å²) in [4.78, 5) is 7.13. The molecule has 1 aliphatic rings. The maximum atomic E-state index is 5.45. The summed E-state index contributed by atoms with van der Waals surface area (Å²) < 4.78 is 16.1. The fourth-order valence-electron chi connectivity index (χ4n) is 2.88. The van der Waals surface area contributed by atoms with E-state index in [1.165, 1.54) is 0 Å². The van der Waals surface area contributed by atoms with Crippen LogP contribution in [0.15, 0.2) is 23.2 Å². The summed E-state index contributed by atoms with van der Waals surface area (Å²) in [6.45, 7) is 10.1. The van der Waals surface area contributed by atoms with Gasteiger partial charge < -0.3 is 24.8 Å². The van der Waals surface area contributed by atoms with E-state index in [2.05, 4.69) is 29.4 Å². The number of hydrogen-bond acceptors (Lipinski definition) is 5. The van der Waals surface area contributed by atoms with Gasteiger partial charge in [-0.25, -0.2) is 4.99 Å². The van der Waals surface area contributed by atoms with Crippen LogP contribution in [-0.4, -0.2) is 70.5 Å². The summed E-state index contributed by atoms with van der Waals surface area (Å²) in [5.41, 5.74) is 1.02. The van der Waals surface area contributed by atoms with E-state index in [1.54, 1.807) is 14.2 Å².